The monoisotopic (exact) mass is 425 g/mol. The number of rotatable bonds is 5. The zero-order valence-corrected chi connectivity index (χ0v) is 17.0. The van der Waals surface area contributed by atoms with Gasteiger partial charge in [-0.05, 0) is 31.2 Å². The summed E-state index contributed by atoms with van der Waals surface area (Å²) in [5.41, 5.74) is 5.83. The number of amides is 2. The third-order valence-corrected chi connectivity index (χ3v) is 5.51. The van der Waals surface area contributed by atoms with Gasteiger partial charge in [0.15, 0.2) is 0 Å². The number of hydrogen-bond acceptors (Lipinski definition) is 4. The number of carbonyl (C=O) groups is 2. The molecular weight excluding hydrogens is 405 g/mol. The van der Waals surface area contributed by atoms with E-state index in [1.165, 1.54) is 11.8 Å². The van der Waals surface area contributed by atoms with Gasteiger partial charge in [0.1, 0.15) is 0 Å². The molecule has 0 spiro atoms. The number of nitrogens with one attached hydrogen (secondary N) is 1. The lowest BCUT2D eigenvalue weighted by molar-refractivity contribution is -0.126. The van der Waals surface area contributed by atoms with Crippen LogP contribution < -0.4 is 11.1 Å². The lowest BCUT2D eigenvalue weighted by atomic mass is 9.96. The average Bonchev–Trinajstić information content (AvgIpc) is 2.59. The van der Waals surface area contributed by atoms with Crippen LogP contribution >= 0.6 is 47.4 Å². The number of likely N-dealkylation sites (tertiary alicyclic amines) is 1. The van der Waals surface area contributed by atoms with E-state index in [-0.39, 0.29) is 30.1 Å². The quantitative estimate of drug-likeness (QED) is 0.710. The second-order valence-corrected chi connectivity index (χ2v) is 7.30. The Bertz CT molecular complexity index is 631. The Morgan fingerprint density at radius 1 is 1.36 bits per heavy atom. The normalized spacial score (nSPS) is 17.0. The van der Waals surface area contributed by atoms with Crippen molar-refractivity contribution in [1.29, 1.82) is 0 Å². The molecule has 0 bridgehead atoms. The lowest BCUT2D eigenvalue weighted by Crippen LogP contribution is -2.46. The van der Waals surface area contributed by atoms with Gasteiger partial charge in [0.25, 0.3) is 5.91 Å². The minimum absolute atomic E-state index is 0. The van der Waals surface area contributed by atoms with Crippen LogP contribution in [0.1, 0.15) is 23.2 Å². The highest BCUT2D eigenvalue weighted by atomic mass is 35.5. The van der Waals surface area contributed by atoms with E-state index in [0.29, 0.717) is 41.8 Å². The highest BCUT2D eigenvalue weighted by Gasteiger charge is 2.29. The van der Waals surface area contributed by atoms with Gasteiger partial charge in [-0.15, -0.1) is 24.2 Å². The summed E-state index contributed by atoms with van der Waals surface area (Å²) in [6, 6.07) is 3.31. The van der Waals surface area contributed by atoms with Crippen molar-refractivity contribution in [2.45, 2.75) is 17.7 Å². The number of piperidine rings is 1. The van der Waals surface area contributed by atoms with Crippen LogP contribution in [-0.2, 0) is 4.79 Å². The molecule has 0 saturated carbocycles. The van der Waals surface area contributed by atoms with Gasteiger partial charge in [-0.25, -0.2) is 0 Å². The summed E-state index contributed by atoms with van der Waals surface area (Å²) in [7, 11) is 0. The van der Waals surface area contributed by atoms with Crippen LogP contribution in [0.2, 0.25) is 10.0 Å². The zero-order valence-electron chi connectivity index (χ0n) is 13.9. The Morgan fingerprint density at radius 2 is 2.08 bits per heavy atom. The van der Waals surface area contributed by atoms with Gasteiger partial charge < -0.3 is 16.0 Å². The first-order valence-corrected chi connectivity index (χ1v) is 9.76. The summed E-state index contributed by atoms with van der Waals surface area (Å²) in [5.74, 6) is -0.423. The molecule has 25 heavy (non-hydrogen) atoms. The molecule has 140 valence electrons. The predicted octanol–water partition coefficient (Wildman–Crippen LogP) is 3.06. The van der Waals surface area contributed by atoms with E-state index in [1.807, 2.05) is 6.26 Å². The minimum atomic E-state index is -0.208. The smallest absolute Gasteiger partial charge is 0.255 e. The highest BCUT2D eigenvalue weighted by Crippen LogP contribution is 2.32. The maximum Gasteiger partial charge on any atom is 0.255 e. The van der Waals surface area contributed by atoms with Crippen LogP contribution in [0.5, 0.6) is 0 Å². The van der Waals surface area contributed by atoms with Crippen molar-refractivity contribution >= 4 is 59.2 Å². The van der Waals surface area contributed by atoms with Gasteiger partial charge in [-0.3, -0.25) is 9.59 Å². The summed E-state index contributed by atoms with van der Waals surface area (Å²) in [6.45, 7) is 1.86. The van der Waals surface area contributed by atoms with Crippen LogP contribution in [0.4, 0.5) is 0 Å². The molecule has 9 heteroatoms. The molecule has 5 nitrogen and oxygen atoms in total. The Hall–Kier alpha value is -0.660. The number of benzene rings is 1. The third-order valence-electron chi connectivity index (χ3n) is 3.99. The molecule has 1 saturated heterocycles. The summed E-state index contributed by atoms with van der Waals surface area (Å²) >= 11 is 13.8. The fourth-order valence-electron chi connectivity index (χ4n) is 2.74. The Labute approximate surface area is 168 Å². The Balaban J connectivity index is 0.00000312. The van der Waals surface area contributed by atoms with Gasteiger partial charge in [0.05, 0.1) is 21.5 Å². The van der Waals surface area contributed by atoms with Gasteiger partial charge in [0.2, 0.25) is 5.91 Å². The second-order valence-electron chi connectivity index (χ2n) is 5.64. The molecule has 2 rings (SSSR count). The van der Waals surface area contributed by atoms with E-state index in [1.54, 1.807) is 17.0 Å². The molecule has 1 aromatic carbocycles. The molecular formula is C16H22Cl3N3O2S. The molecule has 1 aromatic rings. The lowest BCUT2D eigenvalue weighted by Gasteiger charge is -2.32. The third kappa shape index (κ3) is 5.66. The van der Waals surface area contributed by atoms with E-state index in [0.717, 1.165) is 17.7 Å². The molecule has 3 N–H and O–H groups in total. The first-order valence-electron chi connectivity index (χ1n) is 7.78. The van der Waals surface area contributed by atoms with Crippen molar-refractivity contribution in [1.82, 2.24) is 10.2 Å². The van der Waals surface area contributed by atoms with Crippen molar-refractivity contribution in [2.75, 3.05) is 32.4 Å². The highest BCUT2D eigenvalue weighted by molar-refractivity contribution is 7.98. The van der Waals surface area contributed by atoms with Crippen LogP contribution in [-0.4, -0.2) is 49.1 Å². The van der Waals surface area contributed by atoms with Crippen LogP contribution in [0.15, 0.2) is 17.0 Å². The summed E-state index contributed by atoms with van der Waals surface area (Å²) in [5, 5.41) is 3.65. The molecule has 1 aliphatic heterocycles. The van der Waals surface area contributed by atoms with Gasteiger partial charge in [0, 0.05) is 31.1 Å². The predicted molar refractivity (Wildman–Crippen MR) is 106 cm³/mol. The van der Waals surface area contributed by atoms with E-state index >= 15 is 0 Å². The SMILES string of the molecule is CSc1cc(C(=O)N2CCCC(C(=O)NCCN)C2)c(Cl)cc1Cl.Cl. The number of thioether (sulfide) groups is 1. The topological polar surface area (TPSA) is 75.4 Å². The number of hydrogen-bond donors (Lipinski definition) is 2. The largest absolute Gasteiger partial charge is 0.355 e. The van der Waals surface area contributed by atoms with E-state index in [9.17, 15) is 9.59 Å². The molecule has 0 radical (unpaired) electrons. The molecule has 2 amide bonds. The zero-order chi connectivity index (χ0) is 17.7. The summed E-state index contributed by atoms with van der Waals surface area (Å²) in [6.07, 6.45) is 3.44. The minimum Gasteiger partial charge on any atom is -0.355 e. The van der Waals surface area contributed by atoms with E-state index in [4.69, 9.17) is 28.9 Å². The number of nitrogens with zero attached hydrogens (tertiary/aromatic N) is 1. The molecule has 1 unspecified atom stereocenters. The summed E-state index contributed by atoms with van der Waals surface area (Å²) in [4.78, 5) is 27.4. The van der Waals surface area contributed by atoms with E-state index in [2.05, 4.69) is 5.32 Å². The second kappa shape index (κ2) is 10.5. The number of nitrogens with two attached hydrogens (primary N) is 1. The van der Waals surface area contributed by atoms with Crippen molar-refractivity contribution < 1.29 is 9.59 Å². The number of halogens is 3. The molecule has 1 fully saturated rings. The van der Waals surface area contributed by atoms with Crippen molar-refractivity contribution in [2.24, 2.45) is 11.7 Å². The first-order chi connectivity index (χ1) is 11.5. The fourth-order valence-corrected chi connectivity index (χ4v) is 3.92. The Morgan fingerprint density at radius 3 is 2.72 bits per heavy atom. The molecule has 1 atom stereocenters. The van der Waals surface area contributed by atoms with Crippen LogP contribution in [0.3, 0.4) is 0 Å². The molecule has 0 aliphatic carbocycles. The van der Waals surface area contributed by atoms with Crippen molar-refractivity contribution in [3.8, 4) is 0 Å². The van der Waals surface area contributed by atoms with Crippen molar-refractivity contribution in [3.05, 3.63) is 27.7 Å². The first kappa shape index (κ1) is 22.4. The molecule has 1 heterocycles. The van der Waals surface area contributed by atoms with Gasteiger partial charge in [-0.1, -0.05) is 23.2 Å². The molecule has 0 aromatic heterocycles. The molecule has 1 aliphatic rings. The van der Waals surface area contributed by atoms with E-state index < -0.39 is 0 Å². The summed E-state index contributed by atoms with van der Waals surface area (Å²) < 4.78 is 0. The Kier molecular flexibility index (Phi) is 9.38. The standard InChI is InChI=1S/C16H21Cl2N3O2S.ClH/c1-24-14-7-11(12(17)8-13(14)18)16(23)21-6-2-3-10(9-21)15(22)20-5-4-19;/h7-8,10H,2-6,9,19H2,1H3,(H,20,22);1H. The number of carbonyl (C=O) groups excluding carboxylic acids is 2. The van der Waals surface area contributed by atoms with Gasteiger partial charge in [-0.2, -0.15) is 0 Å². The van der Waals surface area contributed by atoms with Gasteiger partial charge >= 0.3 is 0 Å². The average molecular weight is 427 g/mol. The fraction of sp³-hybridized carbons (Fsp3) is 0.500. The maximum absolute atomic E-state index is 12.8. The maximum atomic E-state index is 12.8. The van der Waals surface area contributed by atoms with Crippen molar-refractivity contribution in [3.63, 3.8) is 0 Å². The van der Waals surface area contributed by atoms with Crippen LogP contribution in [0, 0.1) is 5.92 Å². The van der Waals surface area contributed by atoms with Crippen LogP contribution in [0.25, 0.3) is 0 Å².